The van der Waals surface area contributed by atoms with Crippen LogP contribution in [0.25, 0.3) is 0 Å². The van der Waals surface area contributed by atoms with Gasteiger partial charge in [-0.1, -0.05) is 15.9 Å². The Morgan fingerprint density at radius 3 is 2.76 bits per heavy atom. The minimum absolute atomic E-state index is 0.0255. The van der Waals surface area contributed by atoms with Crippen molar-refractivity contribution in [3.05, 3.63) is 28.2 Å². The fraction of sp³-hybridized carbons (Fsp3) is 0.273. The van der Waals surface area contributed by atoms with Crippen molar-refractivity contribution >= 4 is 27.8 Å². The van der Waals surface area contributed by atoms with Crippen LogP contribution >= 0.6 is 15.9 Å². The molecule has 0 fully saturated rings. The smallest absolute Gasteiger partial charge is 0.339 e. The maximum absolute atomic E-state index is 11.2. The molecule has 0 unspecified atom stereocenters. The number of carbonyl (C=O) groups excluding carboxylic acids is 1. The lowest BCUT2D eigenvalue weighted by Crippen LogP contribution is -2.28. The average Bonchev–Trinajstić information content (AvgIpc) is 2.26. The van der Waals surface area contributed by atoms with Gasteiger partial charge in [0, 0.05) is 11.0 Å². The number of carboxylic acid groups (broad SMARTS) is 1. The van der Waals surface area contributed by atoms with Gasteiger partial charge < -0.3 is 15.2 Å². The second kappa shape index (κ2) is 6.24. The summed E-state index contributed by atoms with van der Waals surface area (Å²) in [6.07, 6.45) is 0. The molecule has 17 heavy (non-hydrogen) atoms. The first-order chi connectivity index (χ1) is 8.04. The van der Waals surface area contributed by atoms with Crippen molar-refractivity contribution < 1.29 is 19.4 Å². The summed E-state index contributed by atoms with van der Waals surface area (Å²) in [6.45, 7) is 2.09. The van der Waals surface area contributed by atoms with E-state index in [0.717, 1.165) is 0 Å². The number of aromatic carboxylic acids is 1. The van der Waals surface area contributed by atoms with Gasteiger partial charge in [0.15, 0.2) is 6.61 Å². The van der Waals surface area contributed by atoms with Crippen molar-refractivity contribution in [2.24, 2.45) is 0 Å². The fourth-order valence-corrected chi connectivity index (χ4v) is 1.52. The van der Waals surface area contributed by atoms with Crippen LogP contribution in [0.4, 0.5) is 0 Å². The Bertz CT molecular complexity index is 433. The molecule has 1 aromatic carbocycles. The van der Waals surface area contributed by atoms with Gasteiger partial charge >= 0.3 is 5.97 Å². The zero-order valence-corrected chi connectivity index (χ0v) is 10.8. The molecule has 6 heteroatoms. The molecule has 0 radical (unpaired) electrons. The van der Waals surface area contributed by atoms with Gasteiger partial charge in [-0.25, -0.2) is 4.79 Å². The molecule has 0 heterocycles. The molecule has 0 aliphatic heterocycles. The standard InChI is InChI=1S/C11H12BrNO4/c1-2-13-10(14)6-17-9-5-7(12)3-4-8(9)11(15)16/h3-5H,2,6H2,1H3,(H,13,14)(H,15,16). The van der Waals surface area contributed by atoms with E-state index in [0.29, 0.717) is 11.0 Å². The number of hydrogen-bond donors (Lipinski definition) is 2. The van der Waals surface area contributed by atoms with Crippen LogP contribution in [0.5, 0.6) is 5.75 Å². The van der Waals surface area contributed by atoms with E-state index < -0.39 is 5.97 Å². The van der Waals surface area contributed by atoms with E-state index in [1.807, 2.05) is 0 Å². The van der Waals surface area contributed by atoms with Gasteiger partial charge in [0.25, 0.3) is 5.91 Å². The molecule has 1 aromatic rings. The number of benzene rings is 1. The van der Waals surface area contributed by atoms with Gasteiger partial charge in [-0.05, 0) is 25.1 Å². The topological polar surface area (TPSA) is 75.6 Å². The Morgan fingerprint density at radius 1 is 1.47 bits per heavy atom. The normalized spacial score (nSPS) is 9.76. The molecule has 0 saturated heterocycles. The molecular weight excluding hydrogens is 290 g/mol. The Morgan fingerprint density at radius 2 is 2.18 bits per heavy atom. The molecule has 1 rings (SSSR count). The van der Waals surface area contributed by atoms with E-state index in [1.54, 1.807) is 13.0 Å². The van der Waals surface area contributed by atoms with Crippen molar-refractivity contribution in [2.75, 3.05) is 13.2 Å². The predicted octanol–water partition coefficient (Wildman–Crippen LogP) is 1.66. The summed E-state index contributed by atoms with van der Waals surface area (Å²) in [5.41, 5.74) is 0.0255. The first kappa shape index (κ1) is 13.5. The number of ether oxygens (including phenoxy) is 1. The summed E-state index contributed by atoms with van der Waals surface area (Å²) in [6, 6.07) is 4.53. The van der Waals surface area contributed by atoms with Gasteiger partial charge in [-0.2, -0.15) is 0 Å². The number of carbonyl (C=O) groups is 2. The molecule has 1 amide bonds. The van der Waals surface area contributed by atoms with Crippen molar-refractivity contribution in [3.8, 4) is 5.75 Å². The second-order valence-corrected chi connectivity index (χ2v) is 4.10. The van der Waals surface area contributed by atoms with E-state index in [4.69, 9.17) is 9.84 Å². The third-order valence-electron chi connectivity index (χ3n) is 1.91. The molecule has 0 atom stereocenters. The molecule has 0 aromatic heterocycles. The molecule has 2 N–H and O–H groups in total. The summed E-state index contributed by atoms with van der Waals surface area (Å²) in [4.78, 5) is 22.1. The Hall–Kier alpha value is -1.56. The SMILES string of the molecule is CCNC(=O)COc1cc(Br)ccc1C(=O)O. The number of likely N-dealkylation sites (N-methyl/N-ethyl adjacent to an activating group) is 1. The number of hydrogen-bond acceptors (Lipinski definition) is 3. The van der Waals surface area contributed by atoms with Gasteiger partial charge in [-0.15, -0.1) is 0 Å². The lowest BCUT2D eigenvalue weighted by Gasteiger charge is -2.09. The first-order valence-electron chi connectivity index (χ1n) is 4.97. The summed E-state index contributed by atoms with van der Waals surface area (Å²) >= 11 is 3.21. The van der Waals surface area contributed by atoms with Crippen LogP contribution in [0, 0.1) is 0 Å². The third-order valence-corrected chi connectivity index (χ3v) is 2.40. The maximum Gasteiger partial charge on any atom is 0.339 e. The van der Waals surface area contributed by atoms with Crippen LogP contribution in [0.2, 0.25) is 0 Å². The highest BCUT2D eigenvalue weighted by atomic mass is 79.9. The molecule has 0 saturated carbocycles. The highest BCUT2D eigenvalue weighted by Gasteiger charge is 2.12. The van der Waals surface area contributed by atoms with Crippen LogP contribution < -0.4 is 10.1 Å². The average molecular weight is 302 g/mol. The molecule has 0 aliphatic rings. The largest absolute Gasteiger partial charge is 0.483 e. The minimum Gasteiger partial charge on any atom is -0.483 e. The van der Waals surface area contributed by atoms with Gasteiger partial charge in [0.2, 0.25) is 0 Å². The van der Waals surface area contributed by atoms with E-state index in [9.17, 15) is 9.59 Å². The van der Waals surface area contributed by atoms with E-state index in [-0.39, 0.29) is 23.8 Å². The molecule has 5 nitrogen and oxygen atoms in total. The van der Waals surface area contributed by atoms with Crippen LogP contribution in [0.3, 0.4) is 0 Å². The summed E-state index contributed by atoms with van der Waals surface area (Å²) in [5, 5.41) is 11.5. The Kier molecular flexibility index (Phi) is 4.96. The molecule has 0 spiro atoms. The predicted molar refractivity (Wildman–Crippen MR) is 65.3 cm³/mol. The summed E-state index contributed by atoms with van der Waals surface area (Å²) in [5.74, 6) is -1.22. The highest BCUT2D eigenvalue weighted by Crippen LogP contribution is 2.23. The van der Waals surface area contributed by atoms with Gasteiger partial charge in [0.05, 0.1) is 0 Å². The zero-order valence-electron chi connectivity index (χ0n) is 9.20. The van der Waals surface area contributed by atoms with Crippen molar-refractivity contribution in [1.29, 1.82) is 0 Å². The number of carboxylic acids is 1. The van der Waals surface area contributed by atoms with E-state index >= 15 is 0 Å². The highest BCUT2D eigenvalue weighted by molar-refractivity contribution is 9.10. The van der Waals surface area contributed by atoms with Crippen LogP contribution in [-0.2, 0) is 4.79 Å². The molecule has 0 bridgehead atoms. The maximum atomic E-state index is 11.2. The van der Waals surface area contributed by atoms with Crippen molar-refractivity contribution in [3.63, 3.8) is 0 Å². The fourth-order valence-electron chi connectivity index (χ4n) is 1.18. The summed E-state index contributed by atoms with van der Waals surface area (Å²) in [7, 11) is 0. The monoisotopic (exact) mass is 301 g/mol. The lowest BCUT2D eigenvalue weighted by atomic mass is 10.2. The van der Waals surface area contributed by atoms with Crippen LogP contribution in [-0.4, -0.2) is 30.1 Å². The Balaban J connectivity index is 2.78. The Labute approximate surface area is 107 Å². The zero-order chi connectivity index (χ0) is 12.8. The second-order valence-electron chi connectivity index (χ2n) is 3.19. The van der Waals surface area contributed by atoms with Gasteiger partial charge in [-0.3, -0.25) is 4.79 Å². The van der Waals surface area contributed by atoms with E-state index in [2.05, 4.69) is 21.2 Å². The quantitative estimate of drug-likeness (QED) is 0.867. The van der Waals surface area contributed by atoms with Crippen LogP contribution in [0.1, 0.15) is 17.3 Å². The number of amides is 1. The third kappa shape index (κ3) is 4.07. The number of halogens is 1. The summed E-state index contributed by atoms with van der Waals surface area (Å²) < 4.78 is 5.86. The van der Waals surface area contributed by atoms with Crippen molar-refractivity contribution in [1.82, 2.24) is 5.32 Å². The van der Waals surface area contributed by atoms with Crippen molar-refractivity contribution in [2.45, 2.75) is 6.92 Å². The number of rotatable bonds is 5. The lowest BCUT2D eigenvalue weighted by molar-refractivity contribution is -0.123. The van der Waals surface area contributed by atoms with Crippen LogP contribution in [0.15, 0.2) is 22.7 Å². The minimum atomic E-state index is -1.09. The molecule has 92 valence electrons. The first-order valence-corrected chi connectivity index (χ1v) is 5.76. The van der Waals surface area contributed by atoms with Gasteiger partial charge in [0.1, 0.15) is 11.3 Å². The number of nitrogens with one attached hydrogen (secondary N) is 1. The van der Waals surface area contributed by atoms with E-state index in [1.165, 1.54) is 12.1 Å². The molecular formula is C11H12BrNO4. The molecule has 0 aliphatic carbocycles.